The van der Waals surface area contributed by atoms with Crippen molar-refractivity contribution in [2.75, 3.05) is 27.2 Å². The van der Waals surface area contributed by atoms with Gasteiger partial charge in [0.2, 0.25) is 0 Å². The summed E-state index contributed by atoms with van der Waals surface area (Å²) in [6.07, 6.45) is 4.51. The SMILES string of the molecule is CO[C@H]1C[C@@H](CN(C)Cc2cnn(C)c2)N(C(=O)OC(C)(C)C)C1. The van der Waals surface area contributed by atoms with Crippen LogP contribution in [0.3, 0.4) is 0 Å². The van der Waals surface area contributed by atoms with Gasteiger partial charge in [0.25, 0.3) is 0 Å². The van der Waals surface area contributed by atoms with Gasteiger partial charge in [0, 0.05) is 39.0 Å². The Hall–Kier alpha value is -1.60. The molecular weight excluding hydrogens is 308 g/mol. The molecular formula is C17H30N4O3. The number of methoxy groups -OCH3 is 1. The standard InChI is InChI=1S/C17H30N4O3/c1-17(2,3)24-16(22)21-12-15(23-6)7-14(21)11-19(4)9-13-8-18-20(5)10-13/h8,10,14-15H,7,9,11-12H2,1-6H3/t14-,15-/m0/s1. The van der Waals surface area contributed by atoms with Crippen molar-refractivity contribution >= 4 is 6.09 Å². The van der Waals surface area contributed by atoms with Crippen LogP contribution in [-0.4, -0.2) is 70.7 Å². The van der Waals surface area contributed by atoms with E-state index in [1.54, 1.807) is 16.7 Å². The fourth-order valence-corrected chi connectivity index (χ4v) is 3.05. The molecule has 1 aromatic heterocycles. The molecule has 0 unspecified atom stereocenters. The zero-order chi connectivity index (χ0) is 17.9. The first-order chi connectivity index (χ1) is 11.2. The normalized spacial score (nSPS) is 21.5. The first kappa shape index (κ1) is 18.7. The van der Waals surface area contributed by atoms with Gasteiger partial charge in [-0.2, -0.15) is 5.10 Å². The van der Waals surface area contributed by atoms with Crippen molar-refractivity contribution in [1.82, 2.24) is 19.6 Å². The number of amides is 1. The maximum atomic E-state index is 12.5. The number of aryl methyl sites for hydroxylation is 1. The first-order valence-corrected chi connectivity index (χ1v) is 8.36. The van der Waals surface area contributed by atoms with Gasteiger partial charge in [-0.1, -0.05) is 0 Å². The van der Waals surface area contributed by atoms with Crippen LogP contribution in [0.5, 0.6) is 0 Å². The zero-order valence-corrected chi connectivity index (χ0v) is 15.7. The van der Waals surface area contributed by atoms with Crippen LogP contribution >= 0.6 is 0 Å². The number of rotatable bonds is 5. The zero-order valence-electron chi connectivity index (χ0n) is 15.7. The molecule has 1 aromatic rings. The number of ether oxygens (including phenoxy) is 2. The number of aromatic nitrogens is 2. The quantitative estimate of drug-likeness (QED) is 0.820. The van der Waals surface area contributed by atoms with Crippen LogP contribution in [0, 0.1) is 0 Å². The average Bonchev–Trinajstić information content (AvgIpc) is 3.03. The molecule has 24 heavy (non-hydrogen) atoms. The minimum Gasteiger partial charge on any atom is -0.444 e. The van der Waals surface area contributed by atoms with Crippen molar-refractivity contribution in [1.29, 1.82) is 0 Å². The van der Waals surface area contributed by atoms with Crippen LogP contribution in [0.25, 0.3) is 0 Å². The molecule has 2 atom stereocenters. The predicted molar refractivity (Wildman–Crippen MR) is 91.7 cm³/mol. The third kappa shape index (κ3) is 5.21. The smallest absolute Gasteiger partial charge is 0.410 e. The van der Waals surface area contributed by atoms with E-state index >= 15 is 0 Å². The molecule has 7 nitrogen and oxygen atoms in total. The second-order valence-electron chi connectivity index (χ2n) is 7.60. The van der Waals surface area contributed by atoms with Gasteiger partial charge in [-0.15, -0.1) is 0 Å². The lowest BCUT2D eigenvalue weighted by Crippen LogP contribution is -2.44. The van der Waals surface area contributed by atoms with E-state index in [0.717, 1.165) is 25.1 Å². The summed E-state index contributed by atoms with van der Waals surface area (Å²) in [6, 6.07) is 0.0893. The number of likely N-dealkylation sites (tertiary alicyclic amines) is 1. The number of likely N-dealkylation sites (N-methyl/N-ethyl adjacent to an activating group) is 1. The van der Waals surface area contributed by atoms with Gasteiger partial charge in [0.15, 0.2) is 0 Å². The number of carbonyl (C=O) groups is 1. The maximum Gasteiger partial charge on any atom is 0.410 e. The summed E-state index contributed by atoms with van der Waals surface area (Å²) in [4.78, 5) is 16.5. The topological polar surface area (TPSA) is 59.8 Å². The van der Waals surface area contributed by atoms with Crippen molar-refractivity contribution < 1.29 is 14.3 Å². The van der Waals surface area contributed by atoms with Gasteiger partial charge in [-0.25, -0.2) is 4.79 Å². The Morgan fingerprint density at radius 2 is 2.17 bits per heavy atom. The summed E-state index contributed by atoms with van der Waals surface area (Å²) in [5.41, 5.74) is 0.666. The predicted octanol–water partition coefficient (Wildman–Crippen LogP) is 1.88. The maximum absolute atomic E-state index is 12.5. The fraction of sp³-hybridized carbons (Fsp3) is 0.765. The minimum absolute atomic E-state index is 0.0642. The summed E-state index contributed by atoms with van der Waals surface area (Å²) in [6.45, 7) is 7.81. The summed E-state index contributed by atoms with van der Waals surface area (Å²) < 4.78 is 12.8. The summed E-state index contributed by atoms with van der Waals surface area (Å²) in [5, 5.41) is 4.20. The van der Waals surface area contributed by atoms with Gasteiger partial charge in [0.1, 0.15) is 5.60 Å². The molecule has 0 spiro atoms. The van der Waals surface area contributed by atoms with Crippen molar-refractivity contribution in [2.24, 2.45) is 7.05 Å². The third-order valence-corrected chi connectivity index (χ3v) is 4.07. The van der Waals surface area contributed by atoms with Crippen molar-refractivity contribution in [3.05, 3.63) is 18.0 Å². The molecule has 2 heterocycles. The largest absolute Gasteiger partial charge is 0.444 e. The van der Waals surface area contributed by atoms with Gasteiger partial charge < -0.3 is 14.4 Å². The molecule has 0 radical (unpaired) electrons. The molecule has 1 amide bonds. The van der Waals surface area contributed by atoms with Crippen LogP contribution in [0.2, 0.25) is 0 Å². The molecule has 136 valence electrons. The van der Waals surface area contributed by atoms with E-state index in [-0.39, 0.29) is 18.2 Å². The van der Waals surface area contributed by atoms with E-state index in [1.807, 2.05) is 40.2 Å². The van der Waals surface area contributed by atoms with Crippen LogP contribution in [-0.2, 0) is 23.1 Å². The second kappa shape index (κ2) is 7.53. The lowest BCUT2D eigenvalue weighted by molar-refractivity contribution is 0.0176. The highest BCUT2D eigenvalue weighted by Crippen LogP contribution is 2.23. The lowest BCUT2D eigenvalue weighted by Gasteiger charge is -2.30. The molecule has 0 saturated carbocycles. The van der Waals surface area contributed by atoms with Gasteiger partial charge >= 0.3 is 6.09 Å². The third-order valence-electron chi connectivity index (χ3n) is 4.07. The van der Waals surface area contributed by atoms with Crippen molar-refractivity contribution in [3.63, 3.8) is 0 Å². The van der Waals surface area contributed by atoms with Crippen LogP contribution < -0.4 is 0 Å². The van der Waals surface area contributed by atoms with E-state index in [2.05, 4.69) is 17.0 Å². The number of hydrogen-bond acceptors (Lipinski definition) is 5. The second-order valence-corrected chi connectivity index (χ2v) is 7.60. The summed E-state index contributed by atoms with van der Waals surface area (Å²) in [7, 11) is 5.66. The average molecular weight is 338 g/mol. The monoisotopic (exact) mass is 338 g/mol. The highest BCUT2D eigenvalue weighted by molar-refractivity contribution is 5.69. The van der Waals surface area contributed by atoms with Crippen molar-refractivity contribution in [3.8, 4) is 0 Å². The Morgan fingerprint density at radius 1 is 1.46 bits per heavy atom. The van der Waals surface area contributed by atoms with Crippen LogP contribution in [0.1, 0.15) is 32.8 Å². The Balaban J connectivity index is 1.98. The Labute approximate surface area is 144 Å². The van der Waals surface area contributed by atoms with E-state index in [9.17, 15) is 4.79 Å². The Kier molecular flexibility index (Phi) is 5.87. The molecule has 0 N–H and O–H groups in total. The summed E-state index contributed by atoms with van der Waals surface area (Å²) in [5.74, 6) is 0. The van der Waals surface area contributed by atoms with Crippen molar-refractivity contribution in [2.45, 2.75) is 51.5 Å². The highest BCUT2D eigenvalue weighted by atomic mass is 16.6. The van der Waals surface area contributed by atoms with E-state index in [0.29, 0.717) is 6.54 Å². The van der Waals surface area contributed by atoms with Gasteiger partial charge in [0.05, 0.1) is 24.9 Å². The Morgan fingerprint density at radius 3 is 2.71 bits per heavy atom. The van der Waals surface area contributed by atoms with Crippen LogP contribution in [0.15, 0.2) is 12.4 Å². The molecule has 1 fully saturated rings. The number of nitrogens with zero attached hydrogens (tertiary/aromatic N) is 4. The summed E-state index contributed by atoms with van der Waals surface area (Å²) >= 11 is 0. The number of hydrogen-bond donors (Lipinski definition) is 0. The lowest BCUT2D eigenvalue weighted by atomic mass is 10.2. The molecule has 0 aromatic carbocycles. The molecule has 1 saturated heterocycles. The fourth-order valence-electron chi connectivity index (χ4n) is 3.05. The molecule has 1 aliphatic rings. The Bertz CT molecular complexity index is 552. The van der Waals surface area contributed by atoms with E-state index in [4.69, 9.17) is 9.47 Å². The molecule has 2 rings (SSSR count). The van der Waals surface area contributed by atoms with Gasteiger partial charge in [-0.3, -0.25) is 9.58 Å². The molecule has 7 heteroatoms. The molecule has 0 bridgehead atoms. The highest BCUT2D eigenvalue weighted by Gasteiger charge is 2.38. The minimum atomic E-state index is -0.492. The molecule has 0 aliphatic carbocycles. The van der Waals surface area contributed by atoms with E-state index < -0.39 is 5.60 Å². The first-order valence-electron chi connectivity index (χ1n) is 8.36. The van der Waals surface area contributed by atoms with E-state index in [1.165, 1.54) is 0 Å². The van der Waals surface area contributed by atoms with Gasteiger partial charge in [-0.05, 0) is 34.2 Å². The number of carbonyl (C=O) groups excluding carboxylic acids is 1. The van der Waals surface area contributed by atoms with Crippen LogP contribution in [0.4, 0.5) is 4.79 Å². The molecule has 1 aliphatic heterocycles.